The molecule has 0 aromatic heterocycles. The molecule has 0 amide bonds. The second kappa shape index (κ2) is 3.52. The summed E-state index contributed by atoms with van der Waals surface area (Å²) in [5.41, 5.74) is -0.0405. The van der Waals surface area contributed by atoms with E-state index < -0.39 is 0 Å². The predicted molar refractivity (Wildman–Crippen MR) is 59.2 cm³/mol. The van der Waals surface area contributed by atoms with E-state index in [-0.39, 0.29) is 5.60 Å². The second-order valence-corrected chi connectivity index (χ2v) is 5.77. The van der Waals surface area contributed by atoms with E-state index in [0.29, 0.717) is 11.3 Å². The van der Waals surface area contributed by atoms with Gasteiger partial charge in [-0.2, -0.15) is 0 Å². The maximum absolute atomic E-state index is 10.9. The third-order valence-electron chi connectivity index (χ3n) is 4.90. The predicted octanol–water partition coefficient (Wildman–Crippen LogP) is 3.51. The summed E-state index contributed by atoms with van der Waals surface area (Å²) in [7, 11) is 0. The number of rotatable bonds is 1. The Labute approximate surface area is 87.9 Å². The summed E-state index contributed by atoms with van der Waals surface area (Å²) < 4.78 is 0. The number of aliphatic hydroxyl groups is 1. The van der Waals surface area contributed by atoms with Crippen molar-refractivity contribution in [1.29, 1.82) is 0 Å². The first kappa shape index (κ1) is 10.5. The highest BCUT2D eigenvalue weighted by molar-refractivity contribution is 5.05. The maximum atomic E-state index is 10.9. The highest BCUT2D eigenvalue weighted by atomic mass is 16.3. The second-order valence-electron chi connectivity index (χ2n) is 5.77. The summed E-state index contributed by atoms with van der Waals surface area (Å²) in [6.45, 7) is 4.40. The fourth-order valence-electron chi connectivity index (χ4n) is 3.98. The van der Waals surface area contributed by atoms with E-state index in [1.165, 1.54) is 44.9 Å². The lowest BCUT2D eigenvalue weighted by atomic mass is 9.58. The summed E-state index contributed by atoms with van der Waals surface area (Å²) in [6, 6.07) is 0. The molecule has 2 rings (SSSR count). The number of hydrogen-bond donors (Lipinski definition) is 1. The van der Waals surface area contributed by atoms with Crippen LogP contribution >= 0.6 is 0 Å². The van der Waals surface area contributed by atoms with Crippen molar-refractivity contribution in [3.8, 4) is 0 Å². The van der Waals surface area contributed by atoms with Gasteiger partial charge in [-0.25, -0.2) is 0 Å². The van der Waals surface area contributed by atoms with E-state index in [1.807, 2.05) is 0 Å². The van der Waals surface area contributed by atoms with Gasteiger partial charge in [0.15, 0.2) is 0 Å². The molecule has 1 spiro atoms. The molecule has 1 heteroatoms. The van der Waals surface area contributed by atoms with Crippen molar-refractivity contribution in [2.24, 2.45) is 11.3 Å². The van der Waals surface area contributed by atoms with Crippen LogP contribution in [0.5, 0.6) is 0 Å². The minimum atomic E-state index is -0.345. The lowest BCUT2D eigenvalue weighted by Gasteiger charge is -2.51. The Hall–Kier alpha value is -0.0400. The summed E-state index contributed by atoms with van der Waals surface area (Å²) in [4.78, 5) is 0. The maximum Gasteiger partial charge on any atom is 0.0726 e. The van der Waals surface area contributed by atoms with Gasteiger partial charge in [-0.15, -0.1) is 0 Å². The summed E-state index contributed by atoms with van der Waals surface area (Å²) in [5.74, 6) is 0.431. The van der Waals surface area contributed by atoms with Crippen LogP contribution in [0.3, 0.4) is 0 Å². The smallest absolute Gasteiger partial charge is 0.0726 e. The fourth-order valence-corrected chi connectivity index (χ4v) is 3.98. The van der Waals surface area contributed by atoms with Crippen LogP contribution in [0.1, 0.15) is 65.2 Å². The third-order valence-corrected chi connectivity index (χ3v) is 4.90. The molecule has 14 heavy (non-hydrogen) atoms. The van der Waals surface area contributed by atoms with Gasteiger partial charge in [-0.1, -0.05) is 39.5 Å². The molecule has 0 heterocycles. The summed E-state index contributed by atoms with van der Waals surface area (Å²) >= 11 is 0. The van der Waals surface area contributed by atoms with Crippen molar-refractivity contribution in [2.75, 3.05) is 0 Å². The normalized spacial score (nSPS) is 36.9. The average Bonchev–Trinajstić information content (AvgIpc) is 2.60. The minimum Gasteiger partial charge on any atom is -0.389 e. The first-order valence-corrected chi connectivity index (χ1v) is 6.33. The van der Waals surface area contributed by atoms with Crippen molar-refractivity contribution < 1.29 is 5.11 Å². The topological polar surface area (TPSA) is 20.2 Å². The molecular weight excluding hydrogens is 172 g/mol. The zero-order valence-electron chi connectivity index (χ0n) is 9.68. The van der Waals surface area contributed by atoms with E-state index in [1.54, 1.807) is 0 Å². The molecule has 1 nitrogen and oxygen atoms in total. The van der Waals surface area contributed by atoms with Crippen molar-refractivity contribution >= 4 is 0 Å². The fraction of sp³-hybridized carbons (Fsp3) is 1.00. The monoisotopic (exact) mass is 196 g/mol. The first-order valence-electron chi connectivity index (χ1n) is 6.33. The van der Waals surface area contributed by atoms with Gasteiger partial charge in [0.2, 0.25) is 0 Å². The zero-order valence-corrected chi connectivity index (χ0v) is 9.68. The van der Waals surface area contributed by atoms with Gasteiger partial charge >= 0.3 is 0 Å². The van der Waals surface area contributed by atoms with Crippen LogP contribution in [-0.2, 0) is 0 Å². The molecule has 2 aliphatic carbocycles. The molecule has 1 N–H and O–H groups in total. The van der Waals surface area contributed by atoms with E-state index >= 15 is 0 Å². The first-order chi connectivity index (χ1) is 6.61. The van der Waals surface area contributed by atoms with Crippen LogP contribution in [0.15, 0.2) is 0 Å². The molecule has 0 aromatic carbocycles. The molecule has 82 valence electrons. The van der Waals surface area contributed by atoms with Gasteiger partial charge < -0.3 is 5.11 Å². The SMILES string of the molecule is CC(C)C1(O)CCCCC12CCCC2. The van der Waals surface area contributed by atoms with Crippen molar-refractivity contribution in [2.45, 2.75) is 70.8 Å². The Morgan fingerprint density at radius 1 is 0.857 bits per heavy atom. The van der Waals surface area contributed by atoms with Crippen LogP contribution in [-0.4, -0.2) is 10.7 Å². The van der Waals surface area contributed by atoms with E-state index in [0.717, 1.165) is 6.42 Å². The molecule has 0 aliphatic heterocycles. The van der Waals surface area contributed by atoms with Crippen molar-refractivity contribution in [1.82, 2.24) is 0 Å². The molecule has 0 aromatic rings. The molecule has 1 atom stereocenters. The Morgan fingerprint density at radius 2 is 1.29 bits per heavy atom. The summed E-state index contributed by atoms with van der Waals surface area (Å²) in [6.07, 6.45) is 10.1. The molecule has 0 radical (unpaired) electrons. The van der Waals surface area contributed by atoms with Crippen LogP contribution in [0, 0.1) is 11.3 Å². The molecule has 2 saturated carbocycles. The molecule has 2 fully saturated rings. The van der Waals surface area contributed by atoms with Gasteiger partial charge in [0, 0.05) is 0 Å². The number of hydrogen-bond acceptors (Lipinski definition) is 1. The van der Waals surface area contributed by atoms with Crippen LogP contribution in [0.25, 0.3) is 0 Å². The highest BCUT2D eigenvalue weighted by Crippen LogP contribution is 2.57. The van der Waals surface area contributed by atoms with Crippen LogP contribution in [0.2, 0.25) is 0 Å². The zero-order chi connectivity index (χ0) is 10.2. The average molecular weight is 196 g/mol. The Morgan fingerprint density at radius 3 is 1.71 bits per heavy atom. The lowest BCUT2D eigenvalue weighted by Crippen LogP contribution is -2.52. The van der Waals surface area contributed by atoms with E-state index in [9.17, 15) is 5.11 Å². The van der Waals surface area contributed by atoms with E-state index in [2.05, 4.69) is 13.8 Å². The minimum absolute atomic E-state index is 0.305. The van der Waals surface area contributed by atoms with E-state index in [4.69, 9.17) is 0 Å². The Kier molecular flexibility index (Phi) is 2.63. The van der Waals surface area contributed by atoms with Gasteiger partial charge in [-0.05, 0) is 37.0 Å². The third kappa shape index (κ3) is 1.32. The molecule has 0 saturated heterocycles. The molecule has 1 unspecified atom stereocenters. The Bertz CT molecular complexity index is 197. The molecular formula is C13H24O. The van der Waals surface area contributed by atoms with Gasteiger partial charge in [0.25, 0.3) is 0 Å². The standard InChI is InChI=1S/C13H24O/c1-11(2)13(14)10-6-5-9-12(13)7-3-4-8-12/h11,14H,3-10H2,1-2H3. The van der Waals surface area contributed by atoms with Gasteiger partial charge in [-0.3, -0.25) is 0 Å². The lowest BCUT2D eigenvalue weighted by molar-refractivity contribution is -0.143. The van der Waals surface area contributed by atoms with Gasteiger partial charge in [0.05, 0.1) is 5.60 Å². The quantitative estimate of drug-likeness (QED) is 0.680. The van der Waals surface area contributed by atoms with Crippen LogP contribution in [0.4, 0.5) is 0 Å². The summed E-state index contributed by atoms with van der Waals surface area (Å²) in [5, 5.41) is 10.9. The van der Waals surface area contributed by atoms with Crippen molar-refractivity contribution in [3.05, 3.63) is 0 Å². The van der Waals surface area contributed by atoms with Crippen LogP contribution < -0.4 is 0 Å². The Balaban J connectivity index is 2.26. The molecule has 0 bridgehead atoms. The van der Waals surface area contributed by atoms with Gasteiger partial charge in [0.1, 0.15) is 0 Å². The largest absolute Gasteiger partial charge is 0.389 e. The highest BCUT2D eigenvalue weighted by Gasteiger charge is 2.53. The van der Waals surface area contributed by atoms with Crippen molar-refractivity contribution in [3.63, 3.8) is 0 Å². The molecule has 2 aliphatic rings.